The van der Waals surface area contributed by atoms with E-state index < -0.39 is 5.97 Å². The van der Waals surface area contributed by atoms with Crippen molar-refractivity contribution < 1.29 is 9.90 Å². The fourth-order valence-electron chi connectivity index (χ4n) is 2.24. The third-order valence-electron chi connectivity index (χ3n) is 3.34. The van der Waals surface area contributed by atoms with Gasteiger partial charge in [-0.25, -0.2) is 4.98 Å². The molecule has 1 aliphatic carbocycles. The topological polar surface area (TPSA) is 83.0 Å². The Morgan fingerprint density at radius 1 is 1.53 bits per heavy atom. The summed E-state index contributed by atoms with van der Waals surface area (Å²) in [6.45, 7) is 0. The second-order valence-electron chi connectivity index (χ2n) is 4.91. The third-order valence-corrected chi connectivity index (χ3v) is 4.23. The van der Waals surface area contributed by atoms with Gasteiger partial charge in [0.05, 0.1) is 5.39 Å². The number of carboxylic acid groups (broad SMARTS) is 1. The van der Waals surface area contributed by atoms with E-state index in [4.69, 9.17) is 5.11 Å². The van der Waals surface area contributed by atoms with Gasteiger partial charge in [0.15, 0.2) is 0 Å². The zero-order valence-corrected chi connectivity index (χ0v) is 11.1. The first-order chi connectivity index (χ1) is 9.15. The molecule has 19 heavy (non-hydrogen) atoms. The third kappa shape index (κ3) is 2.53. The Balaban J connectivity index is 1.88. The van der Waals surface area contributed by atoms with E-state index >= 15 is 0 Å². The van der Waals surface area contributed by atoms with Crippen LogP contribution in [0.2, 0.25) is 0 Å². The number of fused-ring (bicyclic) bond motifs is 1. The second-order valence-corrected chi connectivity index (χ2v) is 5.76. The van der Waals surface area contributed by atoms with E-state index in [1.807, 2.05) is 5.38 Å². The highest BCUT2D eigenvalue weighted by molar-refractivity contribution is 7.16. The van der Waals surface area contributed by atoms with Gasteiger partial charge in [-0.2, -0.15) is 0 Å². The molecule has 2 aromatic rings. The molecule has 2 aromatic heterocycles. The molecular formula is C13H14N2O3S. The van der Waals surface area contributed by atoms with Gasteiger partial charge in [0.1, 0.15) is 10.7 Å². The van der Waals surface area contributed by atoms with E-state index in [0.717, 1.165) is 28.6 Å². The van der Waals surface area contributed by atoms with E-state index in [2.05, 4.69) is 9.97 Å². The van der Waals surface area contributed by atoms with Crippen LogP contribution in [0, 0.1) is 0 Å². The number of carboxylic acids is 1. The zero-order valence-electron chi connectivity index (χ0n) is 10.3. The Morgan fingerprint density at radius 2 is 2.32 bits per heavy atom. The summed E-state index contributed by atoms with van der Waals surface area (Å²) in [4.78, 5) is 30.6. The van der Waals surface area contributed by atoms with Gasteiger partial charge in [0.2, 0.25) is 0 Å². The van der Waals surface area contributed by atoms with Crippen molar-refractivity contribution in [2.75, 3.05) is 0 Å². The van der Waals surface area contributed by atoms with E-state index in [0.29, 0.717) is 24.6 Å². The number of hydrogen-bond donors (Lipinski definition) is 2. The molecule has 0 aliphatic heterocycles. The summed E-state index contributed by atoms with van der Waals surface area (Å²) in [6, 6.07) is 0. The van der Waals surface area contributed by atoms with Crippen LogP contribution in [0.1, 0.15) is 43.0 Å². The molecule has 0 atom stereocenters. The van der Waals surface area contributed by atoms with Crippen molar-refractivity contribution in [2.45, 2.75) is 38.0 Å². The van der Waals surface area contributed by atoms with E-state index in [-0.39, 0.29) is 12.0 Å². The van der Waals surface area contributed by atoms with Crippen LogP contribution >= 0.6 is 11.3 Å². The number of aromatic amines is 1. The van der Waals surface area contributed by atoms with Crippen LogP contribution in [0.15, 0.2) is 10.2 Å². The van der Waals surface area contributed by atoms with Crippen LogP contribution in [-0.4, -0.2) is 21.0 Å². The van der Waals surface area contributed by atoms with Crippen LogP contribution in [0.25, 0.3) is 10.2 Å². The van der Waals surface area contributed by atoms with E-state index in [9.17, 15) is 9.59 Å². The molecule has 0 bridgehead atoms. The molecular weight excluding hydrogens is 264 g/mol. The lowest BCUT2D eigenvalue weighted by atomic mass is 10.1. The number of aromatic nitrogens is 2. The quantitative estimate of drug-likeness (QED) is 0.878. The minimum atomic E-state index is -0.824. The molecule has 0 spiro atoms. The summed E-state index contributed by atoms with van der Waals surface area (Å²) < 4.78 is 0. The standard InChI is InChI=1S/C13H14N2O3S/c16-10(17)3-1-2-9-14-12(18)11-8(7-4-5-7)6-19-13(11)15-9/h6-7H,1-5H2,(H,16,17)(H,14,15,18). The molecule has 5 nitrogen and oxygen atoms in total. The number of carbonyl (C=O) groups is 1. The number of aryl methyl sites for hydroxylation is 1. The predicted octanol–water partition coefficient (Wildman–Crippen LogP) is 2.27. The molecule has 100 valence electrons. The molecule has 3 rings (SSSR count). The fourth-order valence-corrected chi connectivity index (χ4v) is 3.28. The smallest absolute Gasteiger partial charge is 0.303 e. The molecule has 1 saturated carbocycles. The maximum atomic E-state index is 12.1. The van der Waals surface area contributed by atoms with Gasteiger partial charge in [-0.15, -0.1) is 11.3 Å². The molecule has 0 unspecified atom stereocenters. The van der Waals surface area contributed by atoms with Crippen LogP contribution in [-0.2, 0) is 11.2 Å². The zero-order chi connectivity index (χ0) is 13.4. The van der Waals surface area contributed by atoms with E-state index in [1.54, 1.807) is 0 Å². The minimum Gasteiger partial charge on any atom is -0.481 e. The lowest BCUT2D eigenvalue weighted by molar-refractivity contribution is -0.137. The summed E-state index contributed by atoms with van der Waals surface area (Å²) in [6.07, 6.45) is 3.40. The van der Waals surface area contributed by atoms with Crippen molar-refractivity contribution in [1.29, 1.82) is 0 Å². The number of nitrogens with zero attached hydrogens (tertiary/aromatic N) is 1. The van der Waals surface area contributed by atoms with Crippen LogP contribution in [0.3, 0.4) is 0 Å². The van der Waals surface area contributed by atoms with Gasteiger partial charge in [-0.3, -0.25) is 9.59 Å². The highest BCUT2D eigenvalue weighted by atomic mass is 32.1. The molecule has 0 aromatic carbocycles. The van der Waals surface area contributed by atoms with Crippen molar-refractivity contribution in [3.05, 3.63) is 27.1 Å². The summed E-state index contributed by atoms with van der Waals surface area (Å²) in [5.74, 6) is 0.299. The van der Waals surface area contributed by atoms with Crippen molar-refractivity contribution in [3.63, 3.8) is 0 Å². The summed E-state index contributed by atoms with van der Waals surface area (Å²) in [5.41, 5.74) is 1.05. The van der Waals surface area contributed by atoms with Gasteiger partial charge in [0.25, 0.3) is 5.56 Å². The van der Waals surface area contributed by atoms with Crippen molar-refractivity contribution in [3.8, 4) is 0 Å². The maximum Gasteiger partial charge on any atom is 0.303 e. The lowest BCUT2D eigenvalue weighted by Crippen LogP contribution is -2.12. The Morgan fingerprint density at radius 3 is 3.00 bits per heavy atom. The van der Waals surface area contributed by atoms with Crippen LogP contribution in [0.4, 0.5) is 0 Å². The van der Waals surface area contributed by atoms with Gasteiger partial charge in [-0.1, -0.05) is 0 Å². The Labute approximate surface area is 113 Å². The second kappa shape index (κ2) is 4.77. The average Bonchev–Trinajstić information content (AvgIpc) is 3.09. The van der Waals surface area contributed by atoms with Crippen LogP contribution in [0.5, 0.6) is 0 Å². The number of H-pyrrole nitrogens is 1. The summed E-state index contributed by atoms with van der Waals surface area (Å²) >= 11 is 1.50. The number of aliphatic carboxylic acids is 1. The van der Waals surface area contributed by atoms with Crippen molar-refractivity contribution in [2.24, 2.45) is 0 Å². The molecule has 6 heteroatoms. The Bertz CT molecular complexity index is 685. The molecule has 2 N–H and O–H groups in total. The summed E-state index contributed by atoms with van der Waals surface area (Å²) in [5, 5.41) is 11.4. The first-order valence-electron chi connectivity index (χ1n) is 6.37. The maximum absolute atomic E-state index is 12.1. The SMILES string of the molecule is O=C(O)CCCc1nc2scc(C3CC3)c2c(=O)[nH]1. The minimum absolute atomic E-state index is 0.0847. The fraction of sp³-hybridized carbons (Fsp3) is 0.462. The predicted molar refractivity (Wildman–Crippen MR) is 72.8 cm³/mol. The number of thiophene rings is 1. The van der Waals surface area contributed by atoms with E-state index in [1.165, 1.54) is 11.3 Å². The Kier molecular flexibility index (Phi) is 3.10. The number of hydrogen-bond acceptors (Lipinski definition) is 4. The first kappa shape index (κ1) is 12.3. The monoisotopic (exact) mass is 278 g/mol. The van der Waals surface area contributed by atoms with Crippen molar-refractivity contribution >= 4 is 27.5 Å². The lowest BCUT2D eigenvalue weighted by Gasteiger charge is -2.00. The highest BCUT2D eigenvalue weighted by Crippen LogP contribution is 2.43. The molecule has 0 radical (unpaired) electrons. The molecule has 0 amide bonds. The van der Waals surface area contributed by atoms with Gasteiger partial charge in [0, 0.05) is 12.8 Å². The van der Waals surface area contributed by atoms with Gasteiger partial charge >= 0.3 is 5.97 Å². The molecule has 2 heterocycles. The van der Waals surface area contributed by atoms with Crippen LogP contribution < -0.4 is 5.56 Å². The first-order valence-corrected chi connectivity index (χ1v) is 7.25. The van der Waals surface area contributed by atoms with Gasteiger partial charge in [-0.05, 0) is 36.1 Å². The molecule has 1 aliphatic rings. The van der Waals surface area contributed by atoms with Gasteiger partial charge < -0.3 is 10.1 Å². The largest absolute Gasteiger partial charge is 0.481 e. The Hall–Kier alpha value is -1.69. The number of rotatable bonds is 5. The highest BCUT2D eigenvalue weighted by Gasteiger charge is 2.27. The number of nitrogens with one attached hydrogen (secondary N) is 1. The molecule has 0 saturated heterocycles. The molecule has 1 fully saturated rings. The summed E-state index contributed by atoms with van der Waals surface area (Å²) in [7, 11) is 0. The normalized spacial score (nSPS) is 14.9. The average molecular weight is 278 g/mol. The van der Waals surface area contributed by atoms with Crippen molar-refractivity contribution in [1.82, 2.24) is 9.97 Å².